The minimum Gasteiger partial charge on any atom is -0.464 e. The van der Waals surface area contributed by atoms with E-state index in [1.807, 2.05) is 4.90 Å². The standard InChI is InChI=1S/C15H18FNO3/c1-3-20-15(19)14-9-12(18)6-7-17(14)13-5-4-11(16)8-10(13)2/h4-5,8,14H,3,6-7,9H2,1-2H3. The number of ketones is 1. The van der Waals surface area contributed by atoms with Crippen molar-refractivity contribution < 1.29 is 18.7 Å². The summed E-state index contributed by atoms with van der Waals surface area (Å²) in [5.74, 6) is -0.657. The van der Waals surface area contributed by atoms with E-state index in [2.05, 4.69) is 0 Å². The van der Waals surface area contributed by atoms with E-state index in [1.54, 1.807) is 19.9 Å². The molecule has 2 rings (SSSR count). The van der Waals surface area contributed by atoms with E-state index in [-0.39, 0.29) is 24.6 Å². The minimum absolute atomic E-state index is 0.0547. The Kier molecular flexibility index (Phi) is 4.37. The third kappa shape index (κ3) is 2.98. The zero-order valence-electron chi connectivity index (χ0n) is 11.7. The van der Waals surface area contributed by atoms with Gasteiger partial charge >= 0.3 is 5.97 Å². The number of carbonyl (C=O) groups excluding carboxylic acids is 2. The van der Waals surface area contributed by atoms with Crippen molar-refractivity contribution in [3.63, 3.8) is 0 Å². The molecule has 1 saturated heterocycles. The number of rotatable bonds is 3. The zero-order chi connectivity index (χ0) is 14.7. The predicted molar refractivity (Wildman–Crippen MR) is 73.1 cm³/mol. The van der Waals surface area contributed by atoms with Crippen molar-refractivity contribution in [3.05, 3.63) is 29.6 Å². The second kappa shape index (κ2) is 6.03. The smallest absolute Gasteiger partial charge is 0.329 e. The molecule has 0 saturated carbocycles. The van der Waals surface area contributed by atoms with Crippen molar-refractivity contribution in [1.82, 2.24) is 0 Å². The van der Waals surface area contributed by atoms with Gasteiger partial charge in [0, 0.05) is 25.1 Å². The van der Waals surface area contributed by atoms with Gasteiger partial charge < -0.3 is 9.64 Å². The fraction of sp³-hybridized carbons (Fsp3) is 0.467. The van der Waals surface area contributed by atoms with Crippen molar-refractivity contribution in [2.45, 2.75) is 32.7 Å². The number of hydrogen-bond donors (Lipinski definition) is 0. The van der Waals surface area contributed by atoms with Gasteiger partial charge in [-0.15, -0.1) is 0 Å². The Balaban J connectivity index is 2.30. The maximum absolute atomic E-state index is 13.2. The van der Waals surface area contributed by atoms with Gasteiger partial charge in [0.05, 0.1) is 6.61 Å². The molecule has 0 amide bonds. The molecule has 1 heterocycles. The monoisotopic (exact) mass is 279 g/mol. The lowest BCUT2D eigenvalue weighted by Crippen LogP contribution is -2.48. The lowest BCUT2D eigenvalue weighted by atomic mass is 9.99. The molecule has 0 aromatic heterocycles. The number of anilines is 1. The molecule has 1 fully saturated rings. The summed E-state index contributed by atoms with van der Waals surface area (Å²) in [6.45, 7) is 4.25. The number of Topliss-reactive ketones (excluding diaryl/α,β-unsaturated/α-hetero) is 1. The first kappa shape index (κ1) is 14.5. The van der Waals surface area contributed by atoms with Crippen molar-refractivity contribution >= 4 is 17.4 Å². The normalized spacial score (nSPS) is 19.1. The van der Waals surface area contributed by atoms with E-state index in [0.717, 1.165) is 11.3 Å². The lowest BCUT2D eigenvalue weighted by molar-refractivity contribution is -0.146. The summed E-state index contributed by atoms with van der Waals surface area (Å²) in [4.78, 5) is 25.5. The molecule has 5 heteroatoms. The molecule has 0 aliphatic carbocycles. The van der Waals surface area contributed by atoms with Crippen LogP contribution >= 0.6 is 0 Å². The summed E-state index contributed by atoms with van der Waals surface area (Å²) in [6, 6.07) is 3.82. The van der Waals surface area contributed by atoms with E-state index in [9.17, 15) is 14.0 Å². The highest BCUT2D eigenvalue weighted by atomic mass is 19.1. The van der Waals surface area contributed by atoms with Crippen LogP contribution in [-0.4, -0.2) is 30.9 Å². The van der Waals surface area contributed by atoms with Crippen LogP contribution in [0, 0.1) is 12.7 Å². The lowest BCUT2D eigenvalue weighted by Gasteiger charge is -2.36. The van der Waals surface area contributed by atoms with Crippen LogP contribution in [0.1, 0.15) is 25.3 Å². The van der Waals surface area contributed by atoms with Gasteiger partial charge in [-0.05, 0) is 37.6 Å². The Morgan fingerprint density at radius 1 is 1.50 bits per heavy atom. The maximum atomic E-state index is 13.2. The van der Waals surface area contributed by atoms with Crippen LogP contribution in [0.4, 0.5) is 10.1 Å². The first-order chi connectivity index (χ1) is 9.52. The van der Waals surface area contributed by atoms with Crippen LogP contribution < -0.4 is 4.90 Å². The van der Waals surface area contributed by atoms with Crippen LogP contribution in [0.15, 0.2) is 18.2 Å². The quantitative estimate of drug-likeness (QED) is 0.796. The summed E-state index contributed by atoms with van der Waals surface area (Å²) in [5.41, 5.74) is 1.52. The summed E-state index contributed by atoms with van der Waals surface area (Å²) in [7, 11) is 0. The molecule has 0 N–H and O–H groups in total. The Bertz CT molecular complexity index is 530. The molecule has 20 heavy (non-hydrogen) atoms. The van der Waals surface area contributed by atoms with Crippen LogP contribution in [-0.2, 0) is 14.3 Å². The summed E-state index contributed by atoms with van der Waals surface area (Å²) in [6.07, 6.45) is 0.544. The number of nitrogens with zero attached hydrogens (tertiary/aromatic N) is 1. The van der Waals surface area contributed by atoms with Crippen molar-refractivity contribution in [1.29, 1.82) is 0 Å². The number of benzene rings is 1. The highest BCUT2D eigenvalue weighted by Crippen LogP contribution is 2.27. The van der Waals surface area contributed by atoms with Gasteiger partial charge in [-0.25, -0.2) is 9.18 Å². The first-order valence-electron chi connectivity index (χ1n) is 6.74. The van der Waals surface area contributed by atoms with Crippen molar-refractivity contribution in [2.24, 2.45) is 0 Å². The number of esters is 1. The molecule has 1 aliphatic heterocycles. The van der Waals surface area contributed by atoms with Gasteiger partial charge in [0.1, 0.15) is 17.6 Å². The summed E-state index contributed by atoms with van der Waals surface area (Å²) in [5, 5.41) is 0. The van der Waals surface area contributed by atoms with Crippen molar-refractivity contribution in [2.75, 3.05) is 18.1 Å². The van der Waals surface area contributed by atoms with E-state index in [1.165, 1.54) is 12.1 Å². The van der Waals surface area contributed by atoms with Gasteiger partial charge in [0.15, 0.2) is 0 Å². The number of halogens is 1. The number of carbonyl (C=O) groups is 2. The number of ether oxygens (including phenoxy) is 1. The molecule has 1 aliphatic rings. The molecule has 0 bridgehead atoms. The molecular formula is C15H18FNO3. The summed E-state index contributed by atoms with van der Waals surface area (Å²) >= 11 is 0. The molecule has 0 radical (unpaired) electrons. The second-order valence-electron chi connectivity index (χ2n) is 4.88. The van der Waals surface area contributed by atoms with Gasteiger partial charge in [0.2, 0.25) is 0 Å². The Labute approximate surface area is 117 Å². The second-order valence-corrected chi connectivity index (χ2v) is 4.88. The average molecular weight is 279 g/mol. The fourth-order valence-corrected chi connectivity index (χ4v) is 2.51. The number of piperidine rings is 1. The van der Waals surface area contributed by atoms with Crippen LogP contribution in [0.25, 0.3) is 0 Å². The molecule has 1 aromatic rings. The third-order valence-electron chi connectivity index (χ3n) is 3.46. The average Bonchev–Trinajstić information content (AvgIpc) is 2.39. The highest BCUT2D eigenvalue weighted by molar-refractivity contribution is 5.91. The molecular weight excluding hydrogens is 261 g/mol. The maximum Gasteiger partial charge on any atom is 0.329 e. The Morgan fingerprint density at radius 3 is 2.90 bits per heavy atom. The fourth-order valence-electron chi connectivity index (χ4n) is 2.51. The number of aryl methyl sites for hydroxylation is 1. The predicted octanol–water partition coefficient (Wildman–Crippen LogP) is 2.24. The van der Waals surface area contributed by atoms with E-state index >= 15 is 0 Å². The topological polar surface area (TPSA) is 46.6 Å². The molecule has 1 aromatic carbocycles. The van der Waals surface area contributed by atoms with Gasteiger partial charge in [-0.2, -0.15) is 0 Å². The van der Waals surface area contributed by atoms with Crippen LogP contribution in [0.5, 0.6) is 0 Å². The molecule has 1 atom stereocenters. The minimum atomic E-state index is -0.611. The number of hydrogen-bond acceptors (Lipinski definition) is 4. The summed E-state index contributed by atoms with van der Waals surface area (Å²) < 4.78 is 18.2. The van der Waals surface area contributed by atoms with Crippen LogP contribution in [0.3, 0.4) is 0 Å². The molecule has 1 unspecified atom stereocenters. The SMILES string of the molecule is CCOC(=O)C1CC(=O)CCN1c1ccc(F)cc1C. The van der Waals surface area contributed by atoms with E-state index in [0.29, 0.717) is 13.0 Å². The van der Waals surface area contributed by atoms with E-state index in [4.69, 9.17) is 4.74 Å². The third-order valence-corrected chi connectivity index (χ3v) is 3.46. The largest absolute Gasteiger partial charge is 0.464 e. The highest BCUT2D eigenvalue weighted by Gasteiger charge is 2.34. The molecule has 4 nitrogen and oxygen atoms in total. The Hall–Kier alpha value is -1.91. The van der Waals surface area contributed by atoms with Gasteiger partial charge in [-0.1, -0.05) is 0 Å². The Morgan fingerprint density at radius 2 is 2.25 bits per heavy atom. The zero-order valence-corrected chi connectivity index (χ0v) is 11.7. The van der Waals surface area contributed by atoms with Gasteiger partial charge in [0.25, 0.3) is 0 Å². The van der Waals surface area contributed by atoms with Gasteiger partial charge in [-0.3, -0.25) is 4.79 Å². The van der Waals surface area contributed by atoms with Crippen LogP contribution in [0.2, 0.25) is 0 Å². The van der Waals surface area contributed by atoms with E-state index < -0.39 is 12.0 Å². The molecule has 108 valence electrons. The van der Waals surface area contributed by atoms with Crippen molar-refractivity contribution in [3.8, 4) is 0 Å². The first-order valence-corrected chi connectivity index (χ1v) is 6.74. The molecule has 0 spiro atoms.